The Bertz CT molecular complexity index is 1160. The normalized spacial score (nSPS) is 11.7. The van der Waals surface area contributed by atoms with E-state index in [-0.39, 0.29) is 28.5 Å². The molecule has 0 aliphatic heterocycles. The molecule has 2 aromatic carbocycles. The number of pyridine rings is 1. The molecule has 0 amide bonds. The molecule has 0 saturated heterocycles. The van der Waals surface area contributed by atoms with Crippen LogP contribution in [0.15, 0.2) is 64.0 Å². The molecule has 0 aliphatic carbocycles. The van der Waals surface area contributed by atoms with Gasteiger partial charge in [-0.3, -0.25) is 4.79 Å². The molecule has 0 atom stereocenters. The number of benzene rings is 2. The van der Waals surface area contributed by atoms with Gasteiger partial charge in [0, 0.05) is 22.7 Å². The number of fused-ring (bicyclic) bond motifs is 1. The molecular weight excluding hydrogens is 363 g/mol. The molecule has 6 nitrogen and oxygen atoms in total. The van der Waals surface area contributed by atoms with Crippen molar-refractivity contribution in [1.82, 2.24) is 15.1 Å². The van der Waals surface area contributed by atoms with Crippen molar-refractivity contribution in [2.75, 3.05) is 0 Å². The zero-order valence-electron chi connectivity index (χ0n) is 13.4. The molecule has 9 heteroatoms. The van der Waals surface area contributed by atoms with Gasteiger partial charge in [0.05, 0.1) is 0 Å². The number of aromatic amines is 1. The first-order chi connectivity index (χ1) is 12.9. The molecule has 27 heavy (non-hydrogen) atoms. The van der Waals surface area contributed by atoms with Gasteiger partial charge in [0.1, 0.15) is 11.3 Å². The van der Waals surface area contributed by atoms with E-state index in [1.807, 2.05) is 0 Å². The SMILES string of the molecule is O=c1c(-c2nc(-c3ccc(OC(F)(F)F)cc3)no2)c[nH]c2ccccc12. The van der Waals surface area contributed by atoms with Gasteiger partial charge in [0.2, 0.25) is 11.3 Å². The van der Waals surface area contributed by atoms with Gasteiger partial charge in [-0.2, -0.15) is 4.98 Å². The van der Waals surface area contributed by atoms with Crippen LogP contribution in [0.1, 0.15) is 0 Å². The number of aromatic nitrogens is 3. The van der Waals surface area contributed by atoms with E-state index < -0.39 is 6.36 Å². The first-order valence-corrected chi connectivity index (χ1v) is 7.71. The molecule has 2 aromatic heterocycles. The number of nitrogens with zero attached hydrogens (tertiary/aromatic N) is 2. The van der Waals surface area contributed by atoms with E-state index in [4.69, 9.17) is 4.52 Å². The third kappa shape index (κ3) is 3.39. The number of halogens is 3. The van der Waals surface area contributed by atoms with E-state index in [1.54, 1.807) is 24.3 Å². The van der Waals surface area contributed by atoms with E-state index in [0.717, 1.165) is 12.1 Å². The monoisotopic (exact) mass is 373 g/mol. The predicted molar refractivity (Wildman–Crippen MR) is 90.0 cm³/mol. The van der Waals surface area contributed by atoms with Crippen molar-refractivity contribution in [2.24, 2.45) is 0 Å². The first kappa shape index (κ1) is 16.8. The van der Waals surface area contributed by atoms with E-state index in [9.17, 15) is 18.0 Å². The van der Waals surface area contributed by atoms with Gasteiger partial charge in [-0.1, -0.05) is 17.3 Å². The third-order valence-corrected chi connectivity index (χ3v) is 3.79. The smallest absolute Gasteiger partial charge is 0.406 e. The van der Waals surface area contributed by atoms with Crippen molar-refractivity contribution in [3.63, 3.8) is 0 Å². The minimum Gasteiger partial charge on any atom is -0.406 e. The van der Waals surface area contributed by atoms with Gasteiger partial charge in [0.25, 0.3) is 5.89 Å². The third-order valence-electron chi connectivity index (χ3n) is 3.79. The van der Waals surface area contributed by atoms with Crippen LogP contribution in [0.2, 0.25) is 0 Å². The fourth-order valence-corrected chi connectivity index (χ4v) is 2.58. The lowest BCUT2D eigenvalue weighted by atomic mass is 10.1. The summed E-state index contributed by atoms with van der Waals surface area (Å²) in [6.07, 6.45) is -3.29. The molecule has 136 valence electrons. The van der Waals surface area contributed by atoms with Gasteiger partial charge in [-0.15, -0.1) is 13.2 Å². The lowest BCUT2D eigenvalue weighted by Crippen LogP contribution is -2.16. The average molecular weight is 373 g/mol. The van der Waals surface area contributed by atoms with Crippen LogP contribution in [-0.4, -0.2) is 21.5 Å². The van der Waals surface area contributed by atoms with Crippen molar-refractivity contribution in [3.8, 4) is 28.6 Å². The molecule has 0 fully saturated rings. The van der Waals surface area contributed by atoms with Crippen LogP contribution in [0.4, 0.5) is 13.2 Å². The Kier molecular flexibility index (Phi) is 3.91. The minimum atomic E-state index is -4.77. The van der Waals surface area contributed by atoms with Crippen LogP contribution in [-0.2, 0) is 0 Å². The van der Waals surface area contributed by atoms with Crippen molar-refractivity contribution in [1.29, 1.82) is 0 Å². The molecule has 0 spiro atoms. The summed E-state index contributed by atoms with van der Waals surface area (Å²) in [4.78, 5) is 19.7. The summed E-state index contributed by atoms with van der Waals surface area (Å²) in [5.41, 5.74) is 1.01. The van der Waals surface area contributed by atoms with Crippen LogP contribution in [0, 0.1) is 0 Å². The van der Waals surface area contributed by atoms with E-state index in [2.05, 4.69) is 19.9 Å². The largest absolute Gasteiger partial charge is 0.573 e. The summed E-state index contributed by atoms with van der Waals surface area (Å²) in [5.74, 6) is -0.218. The Morgan fingerprint density at radius 2 is 1.78 bits per heavy atom. The molecule has 0 aliphatic rings. The van der Waals surface area contributed by atoms with Crippen molar-refractivity contribution >= 4 is 10.9 Å². The van der Waals surface area contributed by atoms with E-state index in [1.165, 1.54) is 18.3 Å². The number of rotatable bonds is 3. The van der Waals surface area contributed by atoms with Crippen molar-refractivity contribution in [2.45, 2.75) is 6.36 Å². The number of nitrogens with one attached hydrogen (secondary N) is 1. The lowest BCUT2D eigenvalue weighted by molar-refractivity contribution is -0.274. The Balaban J connectivity index is 1.66. The van der Waals surface area contributed by atoms with Crippen molar-refractivity contribution in [3.05, 3.63) is 65.0 Å². The van der Waals surface area contributed by atoms with Gasteiger partial charge in [-0.25, -0.2) is 0 Å². The summed E-state index contributed by atoms with van der Waals surface area (Å²) in [6.45, 7) is 0. The molecule has 0 bridgehead atoms. The Labute approximate surface area is 149 Å². The Hall–Kier alpha value is -3.62. The second-order valence-corrected chi connectivity index (χ2v) is 5.57. The van der Waals surface area contributed by atoms with E-state index >= 15 is 0 Å². The second-order valence-electron chi connectivity index (χ2n) is 5.57. The average Bonchev–Trinajstić information content (AvgIpc) is 3.11. The highest BCUT2D eigenvalue weighted by atomic mass is 19.4. The van der Waals surface area contributed by atoms with Crippen LogP contribution >= 0.6 is 0 Å². The number of ether oxygens (including phenoxy) is 1. The maximum absolute atomic E-state index is 12.6. The maximum atomic E-state index is 12.6. The molecule has 0 radical (unpaired) electrons. The Morgan fingerprint density at radius 1 is 1.04 bits per heavy atom. The predicted octanol–water partition coefficient (Wildman–Crippen LogP) is 4.14. The summed E-state index contributed by atoms with van der Waals surface area (Å²) in [5, 5.41) is 4.26. The molecule has 0 unspecified atom stereocenters. The van der Waals surface area contributed by atoms with Gasteiger partial charge >= 0.3 is 6.36 Å². The minimum absolute atomic E-state index is 0.00706. The fourth-order valence-electron chi connectivity index (χ4n) is 2.58. The molecule has 1 N–H and O–H groups in total. The number of hydrogen-bond donors (Lipinski definition) is 1. The standard InChI is InChI=1S/C18H10F3N3O3/c19-18(20,21)26-11-7-5-10(6-8-11)16-23-17(27-24-16)13-9-22-14-4-2-1-3-12(14)15(13)25/h1-9H,(H,22,25). The lowest BCUT2D eigenvalue weighted by Gasteiger charge is -2.08. The van der Waals surface area contributed by atoms with Crippen molar-refractivity contribution < 1.29 is 22.4 Å². The molecule has 2 heterocycles. The molecule has 4 aromatic rings. The molecule has 0 saturated carbocycles. The summed E-state index contributed by atoms with van der Waals surface area (Å²) < 4.78 is 45.6. The zero-order valence-corrected chi connectivity index (χ0v) is 13.4. The van der Waals surface area contributed by atoms with Gasteiger partial charge in [0.15, 0.2) is 0 Å². The summed E-state index contributed by atoms with van der Waals surface area (Å²) in [6, 6.07) is 12.0. The Morgan fingerprint density at radius 3 is 2.52 bits per heavy atom. The van der Waals surface area contributed by atoms with Crippen LogP contribution < -0.4 is 10.2 Å². The van der Waals surface area contributed by atoms with E-state index in [0.29, 0.717) is 16.5 Å². The summed E-state index contributed by atoms with van der Waals surface area (Å²) >= 11 is 0. The second kappa shape index (κ2) is 6.27. The fraction of sp³-hybridized carbons (Fsp3) is 0.0556. The molecule has 4 rings (SSSR count). The topological polar surface area (TPSA) is 81.0 Å². The quantitative estimate of drug-likeness (QED) is 0.584. The number of para-hydroxylation sites is 1. The number of H-pyrrole nitrogens is 1. The molecular formula is C18H10F3N3O3. The summed E-state index contributed by atoms with van der Waals surface area (Å²) in [7, 11) is 0. The van der Waals surface area contributed by atoms with Gasteiger partial charge < -0.3 is 14.2 Å². The highest BCUT2D eigenvalue weighted by molar-refractivity contribution is 5.82. The van der Waals surface area contributed by atoms with Crippen LogP contribution in [0.3, 0.4) is 0 Å². The highest BCUT2D eigenvalue weighted by Crippen LogP contribution is 2.26. The van der Waals surface area contributed by atoms with Crippen LogP contribution in [0.5, 0.6) is 5.75 Å². The van der Waals surface area contributed by atoms with Crippen LogP contribution in [0.25, 0.3) is 33.7 Å². The maximum Gasteiger partial charge on any atom is 0.573 e. The highest BCUT2D eigenvalue weighted by Gasteiger charge is 2.31. The zero-order chi connectivity index (χ0) is 19.0. The number of alkyl halides is 3. The van der Waals surface area contributed by atoms with Gasteiger partial charge in [-0.05, 0) is 36.4 Å². The first-order valence-electron chi connectivity index (χ1n) is 7.71. The number of hydrogen-bond acceptors (Lipinski definition) is 5.